The van der Waals surface area contributed by atoms with Gasteiger partial charge in [0.1, 0.15) is 13.2 Å². The summed E-state index contributed by atoms with van der Waals surface area (Å²) in [5.41, 5.74) is 0. The third-order valence-corrected chi connectivity index (χ3v) is 0.523. The molecule has 0 atom stereocenters. The zero-order valence-corrected chi connectivity index (χ0v) is 5.59. The van der Waals surface area contributed by atoms with Gasteiger partial charge in [-0.3, -0.25) is 0 Å². The van der Waals surface area contributed by atoms with Crippen LogP contribution < -0.4 is 0 Å². The Hall–Kier alpha value is -0.150. The van der Waals surface area contributed by atoms with Crippen molar-refractivity contribution >= 4 is 31.0 Å². The van der Waals surface area contributed by atoms with Crippen molar-refractivity contribution in [2.24, 2.45) is 0 Å². The molecule has 1 fully saturated rings. The Morgan fingerprint density at radius 1 is 1.12 bits per heavy atom. The van der Waals surface area contributed by atoms with Crippen LogP contribution in [0.2, 0.25) is 0 Å². The molecule has 8 heavy (non-hydrogen) atoms. The maximum Gasteiger partial charge on any atom is 0.508 e. The van der Waals surface area contributed by atoms with Gasteiger partial charge in [0.15, 0.2) is 0 Å². The van der Waals surface area contributed by atoms with Crippen molar-refractivity contribution in [3.8, 4) is 0 Å². The molecule has 3 nitrogen and oxygen atoms in total. The highest BCUT2D eigenvalue weighted by molar-refractivity contribution is 5.85. The van der Waals surface area contributed by atoms with E-state index in [-0.39, 0.29) is 24.8 Å². The fraction of sp³-hybridized carbons (Fsp3) is 0.667. The molecular formula is C3H6Cl2O3. The standard InChI is InChI=1S/C3H4O3.2ClH/c4-3-5-1-2-6-3;;/h1-2H2;2*1H. The molecule has 1 saturated heterocycles. The van der Waals surface area contributed by atoms with Crippen LogP contribution in [0.1, 0.15) is 0 Å². The van der Waals surface area contributed by atoms with Gasteiger partial charge in [0.2, 0.25) is 0 Å². The molecule has 5 heteroatoms. The van der Waals surface area contributed by atoms with Crippen LogP contribution >= 0.6 is 24.8 Å². The molecule has 0 amide bonds. The average Bonchev–Trinajstić information content (AvgIpc) is 1.86. The van der Waals surface area contributed by atoms with Crippen LogP contribution in [-0.4, -0.2) is 19.4 Å². The van der Waals surface area contributed by atoms with E-state index in [0.29, 0.717) is 13.2 Å². The van der Waals surface area contributed by atoms with E-state index in [4.69, 9.17) is 0 Å². The summed E-state index contributed by atoms with van der Waals surface area (Å²) in [6.45, 7) is 0.831. The molecule has 1 aliphatic rings. The molecule has 1 aliphatic heterocycles. The lowest BCUT2D eigenvalue weighted by atomic mass is 10.8. The quantitative estimate of drug-likeness (QED) is 0.497. The molecule has 1 heterocycles. The molecule has 0 N–H and O–H groups in total. The van der Waals surface area contributed by atoms with Crippen LogP contribution in [-0.2, 0) is 9.47 Å². The topological polar surface area (TPSA) is 35.5 Å². The minimum atomic E-state index is -0.546. The molecule has 0 aromatic carbocycles. The summed E-state index contributed by atoms with van der Waals surface area (Å²) in [5.74, 6) is 0. The smallest absolute Gasteiger partial charge is 0.431 e. The van der Waals surface area contributed by atoms with Crippen LogP contribution in [0.5, 0.6) is 0 Å². The Bertz CT molecular complexity index is 66.9. The van der Waals surface area contributed by atoms with Crippen molar-refractivity contribution in [2.45, 2.75) is 0 Å². The molecule has 1 rings (SSSR count). The Labute approximate surface area is 59.2 Å². The van der Waals surface area contributed by atoms with Crippen molar-refractivity contribution in [1.29, 1.82) is 0 Å². The molecule has 50 valence electrons. The van der Waals surface area contributed by atoms with Crippen LogP contribution in [0.3, 0.4) is 0 Å². The number of rotatable bonds is 0. The van der Waals surface area contributed by atoms with Crippen molar-refractivity contribution < 1.29 is 14.3 Å². The van der Waals surface area contributed by atoms with Crippen LogP contribution in [0.25, 0.3) is 0 Å². The van der Waals surface area contributed by atoms with E-state index < -0.39 is 6.16 Å². The van der Waals surface area contributed by atoms with Gasteiger partial charge in [-0.05, 0) is 0 Å². The lowest BCUT2D eigenvalue weighted by Crippen LogP contribution is -1.88. The summed E-state index contributed by atoms with van der Waals surface area (Å²) in [6, 6.07) is 0. The second kappa shape index (κ2) is 5.00. The van der Waals surface area contributed by atoms with Crippen LogP contribution in [0, 0.1) is 0 Å². The van der Waals surface area contributed by atoms with Crippen LogP contribution in [0.4, 0.5) is 4.79 Å². The van der Waals surface area contributed by atoms with Gasteiger partial charge >= 0.3 is 6.16 Å². The number of hydrogen-bond acceptors (Lipinski definition) is 3. The maximum absolute atomic E-state index is 9.80. The molecular weight excluding hydrogens is 155 g/mol. The number of hydrogen-bond donors (Lipinski definition) is 0. The zero-order valence-electron chi connectivity index (χ0n) is 3.96. The van der Waals surface area contributed by atoms with Crippen molar-refractivity contribution in [3.05, 3.63) is 0 Å². The molecule has 0 aromatic heterocycles. The van der Waals surface area contributed by atoms with E-state index in [9.17, 15) is 4.79 Å². The fourth-order valence-electron chi connectivity index (χ4n) is 0.292. The van der Waals surface area contributed by atoms with Crippen molar-refractivity contribution in [3.63, 3.8) is 0 Å². The Morgan fingerprint density at radius 3 is 1.62 bits per heavy atom. The van der Waals surface area contributed by atoms with Gasteiger partial charge in [-0.2, -0.15) is 0 Å². The monoisotopic (exact) mass is 160 g/mol. The highest BCUT2D eigenvalue weighted by atomic mass is 35.5. The minimum Gasteiger partial charge on any atom is -0.431 e. The normalized spacial score (nSPS) is 14.8. The number of carbonyl (C=O) groups is 1. The summed E-state index contributed by atoms with van der Waals surface area (Å²) < 4.78 is 8.58. The fourth-order valence-corrected chi connectivity index (χ4v) is 0.292. The first kappa shape index (κ1) is 10.8. The summed E-state index contributed by atoms with van der Waals surface area (Å²) in [4.78, 5) is 9.80. The minimum absolute atomic E-state index is 0. The van der Waals surface area contributed by atoms with E-state index in [1.807, 2.05) is 0 Å². The first-order chi connectivity index (χ1) is 2.89. The van der Waals surface area contributed by atoms with E-state index >= 15 is 0 Å². The Balaban J connectivity index is 0. The summed E-state index contributed by atoms with van der Waals surface area (Å²) in [6.07, 6.45) is -0.546. The van der Waals surface area contributed by atoms with Gasteiger partial charge in [-0.15, -0.1) is 24.8 Å². The molecule has 0 spiro atoms. The maximum atomic E-state index is 9.80. The van der Waals surface area contributed by atoms with Gasteiger partial charge < -0.3 is 9.47 Å². The van der Waals surface area contributed by atoms with Crippen molar-refractivity contribution in [1.82, 2.24) is 0 Å². The first-order valence-electron chi connectivity index (χ1n) is 1.69. The molecule has 0 aliphatic carbocycles. The number of ether oxygens (including phenoxy) is 2. The third-order valence-electron chi connectivity index (χ3n) is 0.523. The zero-order chi connectivity index (χ0) is 4.41. The SMILES string of the molecule is Cl.Cl.O=C1OCCO1. The summed E-state index contributed by atoms with van der Waals surface area (Å²) in [7, 11) is 0. The van der Waals surface area contributed by atoms with Gasteiger partial charge in [0, 0.05) is 0 Å². The van der Waals surface area contributed by atoms with E-state index in [1.165, 1.54) is 0 Å². The lowest BCUT2D eigenvalue weighted by molar-refractivity contribution is 0.131. The summed E-state index contributed by atoms with van der Waals surface area (Å²) in [5, 5.41) is 0. The third kappa shape index (κ3) is 2.93. The molecule has 0 unspecified atom stereocenters. The highest BCUT2D eigenvalue weighted by Gasteiger charge is 2.09. The predicted molar refractivity (Wildman–Crippen MR) is 31.8 cm³/mol. The largest absolute Gasteiger partial charge is 0.508 e. The second-order valence-electron chi connectivity index (χ2n) is 0.947. The second-order valence-corrected chi connectivity index (χ2v) is 0.947. The van der Waals surface area contributed by atoms with Crippen molar-refractivity contribution in [2.75, 3.05) is 13.2 Å². The average molecular weight is 161 g/mol. The first-order valence-corrected chi connectivity index (χ1v) is 1.69. The highest BCUT2D eigenvalue weighted by Crippen LogP contribution is 1.92. The van der Waals surface area contributed by atoms with E-state index in [0.717, 1.165) is 0 Å². The van der Waals surface area contributed by atoms with Crippen LogP contribution in [0.15, 0.2) is 0 Å². The van der Waals surface area contributed by atoms with E-state index in [2.05, 4.69) is 9.47 Å². The molecule has 0 aromatic rings. The molecule has 0 radical (unpaired) electrons. The van der Waals surface area contributed by atoms with Gasteiger partial charge in [-0.1, -0.05) is 0 Å². The number of halogens is 2. The van der Waals surface area contributed by atoms with E-state index in [1.54, 1.807) is 0 Å². The Kier molecular flexibility index (Phi) is 6.72. The molecule has 0 bridgehead atoms. The number of cyclic esters (lactones) is 2. The number of carbonyl (C=O) groups excluding carboxylic acids is 1. The van der Waals surface area contributed by atoms with Gasteiger partial charge in [0.25, 0.3) is 0 Å². The van der Waals surface area contributed by atoms with Gasteiger partial charge in [0.05, 0.1) is 0 Å². The Morgan fingerprint density at radius 2 is 1.50 bits per heavy atom. The predicted octanol–water partition coefficient (Wildman–Crippen LogP) is 0.997. The summed E-state index contributed by atoms with van der Waals surface area (Å²) >= 11 is 0. The molecule has 0 saturated carbocycles. The lowest BCUT2D eigenvalue weighted by Gasteiger charge is -1.78. The van der Waals surface area contributed by atoms with Gasteiger partial charge in [-0.25, -0.2) is 4.79 Å².